The number of alkyl halides is 3. The minimum atomic E-state index is -4.59. The van der Waals surface area contributed by atoms with Crippen molar-refractivity contribution in [2.45, 2.75) is 20.0 Å². The van der Waals surface area contributed by atoms with Gasteiger partial charge in [-0.3, -0.25) is 0 Å². The van der Waals surface area contributed by atoms with E-state index in [1.54, 1.807) is 13.0 Å². The summed E-state index contributed by atoms with van der Waals surface area (Å²) < 4.78 is 38.4. The maximum absolute atomic E-state index is 12.8. The Morgan fingerprint density at radius 1 is 1.10 bits per heavy atom. The van der Waals surface area contributed by atoms with Crippen molar-refractivity contribution in [3.8, 4) is 0 Å². The molecule has 0 radical (unpaired) electrons. The van der Waals surface area contributed by atoms with Crippen molar-refractivity contribution >= 4 is 17.3 Å². The summed E-state index contributed by atoms with van der Waals surface area (Å²) in [5, 5.41) is 5.63. The number of aryl methyl sites for hydroxylation is 1. The lowest BCUT2D eigenvalue weighted by molar-refractivity contribution is -0.144. The lowest BCUT2D eigenvalue weighted by Crippen LogP contribution is -2.14. The van der Waals surface area contributed by atoms with Gasteiger partial charge in [-0.15, -0.1) is 0 Å². The molecule has 0 aliphatic rings. The first-order chi connectivity index (χ1) is 9.88. The molecule has 1 heterocycles. The topological polar surface area (TPSA) is 49.8 Å². The standard InChI is InChI=1S/C14H15F3N4/c1-3-18-11-8-12(21-13(20-11)14(15,16)17)19-10-6-4-5-9(2)7-10/h4-8H,3H2,1-2H3,(H2,18,19,20,21). The number of nitrogens with zero attached hydrogens (tertiary/aromatic N) is 2. The smallest absolute Gasteiger partial charge is 0.370 e. The van der Waals surface area contributed by atoms with Crippen molar-refractivity contribution in [2.75, 3.05) is 17.2 Å². The first-order valence-corrected chi connectivity index (χ1v) is 6.42. The van der Waals surface area contributed by atoms with E-state index in [0.29, 0.717) is 12.2 Å². The summed E-state index contributed by atoms with van der Waals surface area (Å²) in [6.07, 6.45) is -4.59. The molecule has 0 fully saturated rings. The first-order valence-electron chi connectivity index (χ1n) is 6.42. The van der Waals surface area contributed by atoms with Gasteiger partial charge in [-0.2, -0.15) is 13.2 Å². The van der Waals surface area contributed by atoms with E-state index in [2.05, 4.69) is 20.6 Å². The Morgan fingerprint density at radius 3 is 2.43 bits per heavy atom. The summed E-state index contributed by atoms with van der Waals surface area (Å²) in [5.74, 6) is -0.940. The maximum atomic E-state index is 12.8. The number of benzene rings is 1. The van der Waals surface area contributed by atoms with Crippen LogP contribution in [0, 0.1) is 6.92 Å². The quantitative estimate of drug-likeness (QED) is 0.896. The molecule has 0 unspecified atom stereocenters. The largest absolute Gasteiger partial charge is 0.451 e. The fraction of sp³-hybridized carbons (Fsp3) is 0.286. The van der Waals surface area contributed by atoms with Gasteiger partial charge in [0.25, 0.3) is 0 Å². The van der Waals surface area contributed by atoms with Crippen LogP contribution < -0.4 is 10.6 Å². The predicted octanol–water partition coefficient (Wildman–Crippen LogP) is 3.98. The van der Waals surface area contributed by atoms with Crippen LogP contribution in [0.1, 0.15) is 18.3 Å². The van der Waals surface area contributed by atoms with Gasteiger partial charge in [-0.05, 0) is 31.5 Å². The highest BCUT2D eigenvalue weighted by molar-refractivity contribution is 5.59. The SMILES string of the molecule is CCNc1cc(Nc2cccc(C)c2)nc(C(F)(F)F)n1. The summed E-state index contributed by atoms with van der Waals surface area (Å²) in [6, 6.07) is 8.74. The highest BCUT2D eigenvalue weighted by Gasteiger charge is 2.35. The number of anilines is 3. The maximum Gasteiger partial charge on any atom is 0.451 e. The lowest BCUT2D eigenvalue weighted by atomic mass is 10.2. The van der Waals surface area contributed by atoms with Crippen LogP contribution >= 0.6 is 0 Å². The van der Waals surface area contributed by atoms with Crippen molar-refractivity contribution < 1.29 is 13.2 Å². The van der Waals surface area contributed by atoms with Gasteiger partial charge in [0.15, 0.2) is 0 Å². The molecule has 0 bridgehead atoms. The highest BCUT2D eigenvalue weighted by Crippen LogP contribution is 2.29. The van der Waals surface area contributed by atoms with Crippen LogP contribution in [0.15, 0.2) is 30.3 Å². The monoisotopic (exact) mass is 296 g/mol. The Bertz CT molecular complexity index is 626. The Balaban J connectivity index is 2.35. The van der Waals surface area contributed by atoms with E-state index in [-0.39, 0.29) is 11.6 Å². The van der Waals surface area contributed by atoms with Crippen LogP contribution in [-0.2, 0) is 6.18 Å². The second-order valence-electron chi connectivity index (χ2n) is 4.48. The summed E-state index contributed by atoms with van der Waals surface area (Å²) in [4.78, 5) is 6.99. The molecule has 2 aromatic rings. The van der Waals surface area contributed by atoms with Gasteiger partial charge >= 0.3 is 6.18 Å². The van der Waals surface area contributed by atoms with Crippen molar-refractivity contribution in [3.63, 3.8) is 0 Å². The van der Waals surface area contributed by atoms with Crippen LogP contribution in [0.3, 0.4) is 0 Å². The molecule has 0 amide bonds. The molecular weight excluding hydrogens is 281 g/mol. The van der Waals surface area contributed by atoms with Crippen LogP contribution in [0.25, 0.3) is 0 Å². The van der Waals surface area contributed by atoms with Crippen LogP contribution in [0.4, 0.5) is 30.5 Å². The number of halogens is 3. The molecule has 1 aromatic heterocycles. The number of rotatable bonds is 4. The minimum absolute atomic E-state index is 0.0962. The van der Waals surface area contributed by atoms with E-state index in [1.165, 1.54) is 6.07 Å². The zero-order valence-corrected chi connectivity index (χ0v) is 11.6. The predicted molar refractivity (Wildman–Crippen MR) is 75.7 cm³/mol. The summed E-state index contributed by atoms with van der Waals surface area (Å²) in [6.45, 7) is 4.15. The van der Waals surface area contributed by atoms with E-state index in [1.807, 2.05) is 25.1 Å². The van der Waals surface area contributed by atoms with Gasteiger partial charge in [0.05, 0.1) is 0 Å². The Morgan fingerprint density at radius 2 is 1.81 bits per heavy atom. The van der Waals surface area contributed by atoms with Crippen molar-refractivity contribution in [1.82, 2.24) is 9.97 Å². The van der Waals surface area contributed by atoms with Gasteiger partial charge in [-0.25, -0.2) is 9.97 Å². The Kier molecular flexibility index (Phi) is 4.30. The fourth-order valence-electron chi connectivity index (χ4n) is 1.78. The Hall–Kier alpha value is -2.31. The lowest BCUT2D eigenvalue weighted by Gasteiger charge is -2.12. The second-order valence-corrected chi connectivity index (χ2v) is 4.48. The van der Waals surface area contributed by atoms with Gasteiger partial charge in [0.1, 0.15) is 11.6 Å². The molecule has 0 spiro atoms. The van der Waals surface area contributed by atoms with Gasteiger partial charge in [0.2, 0.25) is 5.82 Å². The van der Waals surface area contributed by atoms with E-state index in [9.17, 15) is 13.2 Å². The van der Waals surface area contributed by atoms with E-state index in [0.717, 1.165) is 5.56 Å². The minimum Gasteiger partial charge on any atom is -0.370 e. The van der Waals surface area contributed by atoms with E-state index in [4.69, 9.17) is 0 Å². The molecule has 1 aromatic carbocycles. The molecule has 7 heteroatoms. The van der Waals surface area contributed by atoms with Crippen molar-refractivity contribution in [2.24, 2.45) is 0 Å². The summed E-state index contributed by atoms with van der Waals surface area (Å²) in [7, 11) is 0. The highest BCUT2D eigenvalue weighted by atomic mass is 19.4. The van der Waals surface area contributed by atoms with Crippen LogP contribution in [0.5, 0.6) is 0 Å². The normalized spacial score (nSPS) is 11.3. The van der Waals surface area contributed by atoms with Gasteiger partial charge in [0, 0.05) is 18.3 Å². The zero-order valence-electron chi connectivity index (χ0n) is 11.6. The first kappa shape index (κ1) is 15.1. The third-order valence-electron chi connectivity index (χ3n) is 2.63. The molecule has 2 N–H and O–H groups in total. The Labute approximate surface area is 120 Å². The molecule has 2 rings (SSSR count). The van der Waals surface area contributed by atoms with Crippen molar-refractivity contribution in [1.29, 1.82) is 0 Å². The zero-order chi connectivity index (χ0) is 15.5. The second kappa shape index (κ2) is 5.99. The molecule has 21 heavy (non-hydrogen) atoms. The third kappa shape index (κ3) is 4.08. The molecule has 112 valence electrons. The average molecular weight is 296 g/mol. The average Bonchev–Trinajstić information content (AvgIpc) is 2.37. The summed E-state index contributed by atoms with van der Waals surface area (Å²) in [5.41, 5.74) is 1.67. The molecule has 0 aliphatic heterocycles. The molecule has 4 nitrogen and oxygen atoms in total. The van der Waals surface area contributed by atoms with E-state index < -0.39 is 12.0 Å². The molecule has 0 saturated heterocycles. The number of hydrogen-bond acceptors (Lipinski definition) is 4. The molecule has 0 saturated carbocycles. The summed E-state index contributed by atoms with van der Waals surface area (Å²) >= 11 is 0. The van der Waals surface area contributed by atoms with Gasteiger partial charge in [-0.1, -0.05) is 12.1 Å². The molecular formula is C14H15F3N4. The van der Waals surface area contributed by atoms with Gasteiger partial charge < -0.3 is 10.6 Å². The molecule has 0 atom stereocenters. The number of nitrogens with one attached hydrogen (secondary N) is 2. The van der Waals surface area contributed by atoms with E-state index >= 15 is 0 Å². The fourth-order valence-corrected chi connectivity index (χ4v) is 1.78. The van der Waals surface area contributed by atoms with Crippen molar-refractivity contribution in [3.05, 3.63) is 41.7 Å². The number of hydrogen-bond donors (Lipinski definition) is 2. The third-order valence-corrected chi connectivity index (χ3v) is 2.63. The molecule has 0 aliphatic carbocycles. The number of aromatic nitrogens is 2. The van der Waals surface area contributed by atoms with Crippen LogP contribution in [0.2, 0.25) is 0 Å². The van der Waals surface area contributed by atoms with Crippen LogP contribution in [-0.4, -0.2) is 16.5 Å².